The molecular weight excluding hydrogens is 369 g/mol. The number of rotatable bonds is 1. The number of hydrogen-bond acceptors (Lipinski definition) is 4. The molecule has 2 aliphatic heterocycles. The van der Waals surface area contributed by atoms with E-state index in [1.807, 2.05) is 0 Å². The van der Waals surface area contributed by atoms with Gasteiger partial charge < -0.3 is 0 Å². The van der Waals surface area contributed by atoms with E-state index < -0.39 is 25.6 Å². The first-order chi connectivity index (χ1) is 8.52. The Morgan fingerprint density at radius 2 is 1.26 bits per heavy atom. The van der Waals surface area contributed by atoms with Crippen LogP contribution in [0.25, 0.3) is 0 Å². The van der Waals surface area contributed by atoms with Gasteiger partial charge >= 0.3 is 122 Å². The monoisotopic (exact) mass is 378 g/mol. The molecule has 0 amide bonds. The standard InChI is InChI=1S/C8H9F6PS4/c1-2-15(16-3-4-17-15)18-5(7(9,10)11)6(19-15)8(12,13)14/h2-4H2,1H3. The average Bonchev–Trinajstić information content (AvgIpc) is 2.83. The van der Waals surface area contributed by atoms with E-state index in [1.165, 1.54) is 22.8 Å². The second-order valence-corrected chi connectivity index (χ2v) is 25.3. The van der Waals surface area contributed by atoms with Gasteiger partial charge in [0.05, 0.1) is 0 Å². The van der Waals surface area contributed by atoms with E-state index in [0.717, 1.165) is 0 Å². The summed E-state index contributed by atoms with van der Waals surface area (Å²) in [7, 11) is 0. The molecule has 1 saturated heterocycles. The van der Waals surface area contributed by atoms with Gasteiger partial charge in [-0.15, -0.1) is 0 Å². The predicted molar refractivity (Wildman–Crippen MR) is 76.7 cm³/mol. The number of allylic oxidation sites excluding steroid dienone is 2. The van der Waals surface area contributed by atoms with Crippen LogP contribution in [0.5, 0.6) is 0 Å². The molecule has 0 aromatic heterocycles. The van der Waals surface area contributed by atoms with E-state index in [9.17, 15) is 26.3 Å². The Kier molecular flexibility index (Phi) is 4.20. The van der Waals surface area contributed by atoms with Crippen LogP contribution in [0.4, 0.5) is 26.3 Å². The molecule has 0 N–H and O–H groups in total. The van der Waals surface area contributed by atoms with Crippen LogP contribution in [0.1, 0.15) is 6.92 Å². The minimum absolute atomic E-state index is 0.357. The van der Waals surface area contributed by atoms with E-state index in [2.05, 4.69) is 0 Å². The maximum absolute atomic E-state index is 12.9. The quantitative estimate of drug-likeness (QED) is 0.376. The van der Waals surface area contributed by atoms with Gasteiger partial charge in [0.25, 0.3) is 0 Å². The molecular formula is C8H9F6PS4. The number of halogens is 6. The zero-order valence-electron chi connectivity index (χ0n) is 9.47. The molecule has 0 aromatic carbocycles. The van der Waals surface area contributed by atoms with Crippen molar-refractivity contribution in [2.75, 3.05) is 17.7 Å². The Morgan fingerprint density at radius 3 is 1.53 bits per heavy atom. The summed E-state index contributed by atoms with van der Waals surface area (Å²) in [5, 5.41) is 0. The molecule has 0 aliphatic carbocycles. The van der Waals surface area contributed by atoms with Crippen molar-refractivity contribution in [3.63, 3.8) is 0 Å². The molecule has 0 saturated carbocycles. The topological polar surface area (TPSA) is 0 Å². The molecule has 0 nitrogen and oxygen atoms in total. The van der Waals surface area contributed by atoms with Crippen molar-refractivity contribution >= 4 is 48.9 Å². The van der Waals surface area contributed by atoms with Crippen LogP contribution >= 0.6 is 48.9 Å². The van der Waals surface area contributed by atoms with Crippen LogP contribution in [0, 0.1) is 0 Å². The van der Waals surface area contributed by atoms with Gasteiger partial charge in [0.2, 0.25) is 0 Å². The van der Waals surface area contributed by atoms with Crippen LogP contribution in [0.15, 0.2) is 9.81 Å². The Bertz CT molecular complexity index is 392. The summed E-state index contributed by atoms with van der Waals surface area (Å²) in [6.07, 6.45) is -9.50. The molecule has 2 heterocycles. The van der Waals surface area contributed by atoms with Gasteiger partial charge in [0.1, 0.15) is 0 Å². The molecule has 0 aromatic rings. The molecule has 2 rings (SSSR count). The molecule has 1 fully saturated rings. The SMILES string of the molecule is CCP12(SCCS1)SC(C(F)(F)F)=C(C(F)(F)F)S2. The second kappa shape index (κ2) is 4.83. The van der Waals surface area contributed by atoms with Crippen LogP contribution in [-0.4, -0.2) is 30.0 Å². The zero-order chi connectivity index (χ0) is 14.6. The predicted octanol–water partition coefficient (Wildman–Crippen LogP) is 6.52. The molecule has 0 radical (unpaired) electrons. The van der Waals surface area contributed by atoms with Gasteiger partial charge in [-0.1, -0.05) is 0 Å². The first-order valence-electron chi connectivity index (χ1n) is 5.12. The van der Waals surface area contributed by atoms with Gasteiger partial charge in [-0.25, -0.2) is 0 Å². The fourth-order valence-corrected chi connectivity index (χ4v) is 26.4. The minimum atomic E-state index is -4.93. The fourth-order valence-electron chi connectivity index (χ4n) is 1.70. The normalized spacial score (nSPS) is 28.7. The summed E-state index contributed by atoms with van der Waals surface area (Å²) in [5.41, 5.74) is 0. The van der Waals surface area contributed by atoms with Crippen LogP contribution in [0.3, 0.4) is 0 Å². The molecule has 0 atom stereocenters. The van der Waals surface area contributed by atoms with Crippen molar-refractivity contribution in [2.45, 2.75) is 19.3 Å². The third-order valence-electron chi connectivity index (χ3n) is 2.54. The van der Waals surface area contributed by atoms with Crippen molar-refractivity contribution in [1.82, 2.24) is 0 Å². The van der Waals surface area contributed by atoms with Gasteiger partial charge in [-0.3, -0.25) is 0 Å². The summed E-state index contributed by atoms with van der Waals surface area (Å²) < 4.78 is 74.2. The Labute approximate surface area is 122 Å². The van der Waals surface area contributed by atoms with Crippen molar-refractivity contribution in [3.8, 4) is 0 Å². The summed E-state index contributed by atoms with van der Waals surface area (Å²) >= 11 is 3.56. The fraction of sp³-hybridized carbons (Fsp3) is 0.750. The molecule has 0 unspecified atom stereocenters. The molecule has 1 spiro atoms. The first-order valence-corrected chi connectivity index (χ1v) is 13.6. The average molecular weight is 378 g/mol. The number of alkyl halides is 6. The summed E-state index contributed by atoms with van der Waals surface area (Å²) in [6.45, 7) is 1.69. The Balaban J connectivity index is 2.48. The summed E-state index contributed by atoms with van der Waals surface area (Å²) in [6, 6.07) is 0. The van der Waals surface area contributed by atoms with Crippen LogP contribution in [0.2, 0.25) is 0 Å². The summed E-state index contributed by atoms with van der Waals surface area (Å²) in [5.74, 6) is 1.24. The maximum atomic E-state index is 12.9. The van der Waals surface area contributed by atoms with Gasteiger partial charge in [0.15, 0.2) is 0 Å². The van der Waals surface area contributed by atoms with Gasteiger partial charge in [-0.2, -0.15) is 0 Å². The van der Waals surface area contributed by atoms with E-state index in [4.69, 9.17) is 0 Å². The Hall–Kier alpha value is 1.15. The van der Waals surface area contributed by atoms with Crippen LogP contribution in [-0.2, 0) is 0 Å². The van der Waals surface area contributed by atoms with Crippen molar-refractivity contribution in [2.24, 2.45) is 0 Å². The van der Waals surface area contributed by atoms with Crippen molar-refractivity contribution < 1.29 is 26.3 Å². The molecule has 112 valence electrons. The van der Waals surface area contributed by atoms with Crippen LogP contribution < -0.4 is 0 Å². The van der Waals surface area contributed by atoms with Crippen molar-refractivity contribution in [3.05, 3.63) is 9.81 Å². The van der Waals surface area contributed by atoms with Crippen molar-refractivity contribution in [1.29, 1.82) is 0 Å². The zero-order valence-corrected chi connectivity index (χ0v) is 13.6. The van der Waals surface area contributed by atoms with Gasteiger partial charge in [-0.05, 0) is 0 Å². The number of hydrogen-bond donors (Lipinski definition) is 0. The summed E-state index contributed by atoms with van der Waals surface area (Å²) in [4.78, 5) is -2.88. The molecule has 2 aliphatic rings. The third-order valence-corrected chi connectivity index (χ3v) is 27.8. The Morgan fingerprint density at radius 1 is 0.895 bits per heavy atom. The van der Waals surface area contributed by atoms with Gasteiger partial charge in [0, 0.05) is 0 Å². The molecule has 0 bridgehead atoms. The van der Waals surface area contributed by atoms with E-state index >= 15 is 0 Å². The third kappa shape index (κ3) is 2.89. The molecule has 11 heteroatoms. The molecule has 19 heavy (non-hydrogen) atoms. The first kappa shape index (κ1) is 16.5. The van der Waals surface area contributed by atoms with E-state index in [1.54, 1.807) is 6.92 Å². The van der Waals surface area contributed by atoms with E-state index in [-0.39, 0.29) is 0 Å². The second-order valence-electron chi connectivity index (χ2n) is 3.78. The van der Waals surface area contributed by atoms with E-state index in [0.29, 0.717) is 40.4 Å².